The summed E-state index contributed by atoms with van der Waals surface area (Å²) in [6, 6.07) is 8.89. The second kappa shape index (κ2) is 10.1. The number of piperidine rings is 1. The number of nitrogens with one attached hydrogen (secondary N) is 1. The van der Waals surface area contributed by atoms with Crippen LogP contribution in [0.5, 0.6) is 0 Å². The molecule has 0 spiro atoms. The first-order valence-electron chi connectivity index (χ1n) is 10.8. The van der Waals surface area contributed by atoms with E-state index < -0.39 is 10.0 Å². The predicted octanol–water partition coefficient (Wildman–Crippen LogP) is 5.34. The van der Waals surface area contributed by atoms with Crippen LogP contribution in [0.1, 0.15) is 53.6 Å². The molecule has 8 heteroatoms. The molecular formula is C24H30Cl2N2O3S. The lowest BCUT2D eigenvalue weighted by molar-refractivity contribution is -0.126. The number of carbonyl (C=O) groups is 1. The van der Waals surface area contributed by atoms with Gasteiger partial charge in [-0.05, 0) is 80.5 Å². The van der Waals surface area contributed by atoms with Crippen LogP contribution in [0.3, 0.4) is 0 Å². The normalized spacial score (nSPS) is 18.4. The monoisotopic (exact) mass is 496 g/mol. The molecule has 32 heavy (non-hydrogen) atoms. The van der Waals surface area contributed by atoms with Crippen molar-refractivity contribution in [3.63, 3.8) is 0 Å². The molecule has 2 unspecified atom stereocenters. The highest BCUT2D eigenvalue weighted by molar-refractivity contribution is 7.88. The van der Waals surface area contributed by atoms with Gasteiger partial charge in [-0.3, -0.25) is 4.79 Å². The Morgan fingerprint density at radius 2 is 1.81 bits per heavy atom. The average Bonchev–Trinajstić information content (AvgIpc) is 2.72. The summed E-state index contributed by atoms with van der Waals surface area (Å²) < 4.78 is 27.5. The molecule has 0 aliphatic carbocycles. The van der Waals surface area contributed by atoms with Gasteiger partial charge in [0.15, 0.2) is 0 Å². The van der Waals surface area contributed by atoms with Crippen molar-refractivity contribution in [2.24, 2.45) is 5.92 Å². The molecule has 1 aliphatic rings. The van der Waals surface area contributed by atoms with Crippen molar-refractivity contribution in [2.75, 3.05) is 13.1 Å². The van der Waals surface area contributed by atoms with E-state index in [0.29, 0.717) is 35.0 Å². The molecular weight excluding hydrogens is 467 g/mol. The van der Waals surface area contributed by atoms with Gasteiger partial charge >= 0.3 is 0 Å². The van der Waals surface area contributed by atoms with Crippen LogP contribution in [0.4, 0.5) is 0 Å². The molecule has 3 rings (SSSR count). The number of amides is 1. The zero-order valence-electron chi connectivity index (χ0n) is 18.9. The van der Waals surface area contributed by atoms with Crippen LogP contribution in [-0.2, 0) is 20.6 Å². The summed E-state index contributed by atoms with van der Waals surface area (Å²) in [5, 5.41) is 3.88. The van der Waals surface area contributed by atoms with Crippen LogP contribution in [0.25, 0.3) is 0 Å². The number of hydrogen-bond donors (Lipinski definition) is 1. The Morgan fingerprint density at radius 3 is 2.50 bits per heavy atom. The number of carbonyl (C=O) groups excluding carboxylic acids is 1. The number of halogens is 2. The molecule has 0 saturated carbocycles. The van der Waals surface area contributed by atoms with E-state index in [-0.39, 0.29) is 30.2 Å². The number of nitrogens with zero attached hydrogens (tertiary/aromatic N) is 1. The highest BCUT2D eigenvalue weighted by Crippen LogP contribution is 2.27. The fourth-order valence-electron chi connectivity index (χ4n) is 4.19. The van der Waals surface area contributed by atoms with Gasteiger partial charge in [0.05, 0.1) is 17.7 Å². The van der Waals surface area contributed by atoms with E-state index in [1.165, 1.54) is 21.5 Å². The smallest absolute Gasteiger partial charge is 0.224 e. The van der Waals surface area contributed by atoms with Gasteiger partial charge in [0, 0.05) is 23.1 Å². The Balaban J connectivity index is 1.68. The fourth-order valence-corrected chi connectivity index (χ4v) is 6.39. The second-order valence-corrected chi connectivity index (χ2v) is 11.5. The molecule has 1 heterocycles. The van der Waals surface area contributed by atoms with Gasteiger partial charge in [-0.15, -0.1) is 0 Å². The summed E-state index contributed by atoms with van der Waals surface area (Å²) in [5.74, 6) is -0.705. The average molecular weight is 497 g/mol. The summed E-state index contributed by atoms with van der Waals surface area (Å²) in [6.45, 7) is 8.73. The van der Waals surface area contributed by atoms with Gasteiger partial charge < -0.3 is 5.32 Å². The highest BCUT2D eigenvalue weighted by Gasteiger charge is 2.33. The van der Waals surface area contributed by atoms with Crippen molar-refractivity contribution in [3.8, 4) is 0 Å². The van der Waals surface area contributed by atoms with Crippen molar-refractivity contribution in [3.05, 3.63) is 68.2 Å². The molecule has 5 nitrogen and oxygen atoms in total. The third kappa shape index (κ3) is 5.84. The molecule has 174 valence electrons. The molecule has 0 bridgehead atoms. The fraction of sp³-hybridized carbons (Fsp3) is 0.458. The zero-order valence-corrected chi connectivity index (χ0v) is 21.2. The van der Waals surface area contributed by atoms with Gasteiger partial charge in [0.25, 0.3) is 0 Å². The minimum Gasteiger partial charge on any atom is -0.349 e. The first-order valence-corrected chi connectivity index (χ1v) is 13.1. The van der Waals surface area contributed by atoms with Crippen molar-refractivity contribution in [2.45, 2.75) is 52.3 Å². The minimum atomic E-state index is -3.61. The summed E-state index contributed by atoms with van der Waals surface area (Å²) >= 11 is 12.1. The van der Waals surface area contributed by atoms with E-state index in [9.17, 15) is 13.2 Å². The lowest BCUT2D eigenvalue weighted by Crippen LogP contribution is -2.46. The largest absolute Gasteiger partial charge is 0.349 e. The molecule has 1 fully saturated rings. The number of rotatable bonds is 6. The summed E-state index contributed by atoms with van der Waals surface area (Å²) in [4.78, 5) is 13.0. The van der Waals surface area contributed by atoms with Crippen molar-refractivity contribution < 1.29 is 13.2 Å². The predicted molar refractivity (Wildman–Crippen MR) is 131 cm³/mol. The molecule has 2 atom stereocenters. The van der Waals surface area contributed by atoms with E-state index in [2.05, 4.69) is 31.3 Å². The van der Waals surface area contributed by atoms with Crippen LogP contribution in [0.15, 0.2) is 30.3 Å². The van der Waals surface area contributed by atoms with Crippen molar-refractivity contribution >= 4 is 39.1 Å². The molecule has 1 aliphatic heterocycles. The molecule has 1 saturated heterocycles. The van der Waals surface area contributed by atoms with E-state index in [1.54, 1.807) is 12.1 Å². The van der Waals surface area contributed by atoms with Crippen LogP contribution < -0.4 is 5.32 Å². The summed E-state index contributed by atoms with van der Waals surface area (Å²) in [6.07, 6.45) is 1.31. The van der Waals surface area contributed by atoms with Gasteiger partial charge in [-0.1, -0.05) is 41.4 Å². The molecule has 2 aromatic carbocycles. The highest BCUT2D eigenvalue weighted by atomic mass is 35.5. The minimum absolute atomic E-state index is 0.112. The van der Waals surface area contributed by atoms with Gasteiger partial charge in [-0.2, -0.15) is 0 Å². The maximum absolute atomic E-state index is 13.0. The third-order valence-electron chi connectivity index (χ3n) is 6.21. The Bertz CT molecular complexity index is 1120. The van der Waals surface area contributed by atoms with E-state index in [1.807, 2.05) is 13.8 Å². The Labute approximate surface area is 201 Å². The maximum Gasteiger partial charge on any atom is 0.224 e. The SMILES string of the molecule is Cc1cc(C)c(C(C)NC(=O)C2CCCN(S(=O)(=O)Cc3ccc(Cl)cc3Cl)C2)cc1C. The first-order chi connectivity index (χ1) is 15.0. The van der Waals surface area contributed by atoms with Gasteiger partial charge in [-0.25, -0.2) is 12.7 Å². The number of benzene rings is 2. The standard InChI is InChI=1S/C24H30Cl2N2O3S/c1-15-10-17(3)22(11-16(15)2)18(4)27-24(29)19-6-5-9-28(13-19)32(30,31)14-20-7-8-21(25)12-23(20)26/h7-8,10-12,18-19H,5-6,9,13-14H2,1-4H3,(H,27,29). The first kappa shape index (κ1) is 25.0. The third-order valence-corrected chi connectivity index (χ3v) is 8.59. The van der Waals surface area contributed by atoms with Crippen LogP contribution in [0.2, 0.25) is 10.0 Å². The van der Waals surface area contributed by atoms with E-state index in [4.69, 9.17) is 23.2 Å². The van der Waals surface area contributed by atoms with Gasteiger partial charge in [0.1, 0.15) is 0 Å². The number of aryl methyl sites for hydroxylation is 3. The molecule has 1 amide bonds. The number of hydrogen-bond acceptors (Lipinski definition) is 3. The molecule has 0 radical (unpaired) electrons. The lowest BCUT2D eigenvalue weighted by Gasteiger charge is -2.32. The molecule has 1 N–H and O–H groups in total. The van der Waals surface area contributed by atoms with Crippen LogP contribution in [0, 0.1) is 26.7 Å². The van der Waals surface area contributed by atoms with Crippen molar-refractivity contribution in [1.82, 2.24) is 9.62 Å². The zero-order chi connectivity index (χ0) is 23.6. The lowest BCUT2D eigenvalue weighted by atomic mass is 9.95. The quantitative estimate of drug-likeness (QED) is 0.586. The van der Waals surface area contributed by atoms with Crippen LogP contribution >= 0.6 is 23.2 Å². The second-order valence-electron chi connectivity index (χ2n) is 8.71. The summed E-state index contributed by atoms with van der Waals surface area (Å²) in [5.41, 5.74) is 5.12. The Hall–Kier alpha value is -1.60. The van der Waals surface area contributed by atoms with E-state index in [0.717, 1.165) is 11.1 Å². The van der Waals surface area contributed by atoms with Crippen molar-refractivity contribution in [1.29, 1.82) is 0 Å². The Kier molecular flexibility index (Phi) is 7.92. The van der Waals surface area contributed by atoms with E-state index >= 15 is 0 Å². The van der Waals surface area contributed by atoms with Gasteiger partial charge in [0.2, 0.25) is 15.9 Å². The Morgan fingerprint density at radius 1 is 1.12 bits per heavy atom. The molecule has 2 aromatic rings. The summed E-state index contributed by atoms with van der Waals surface area (Å²) in [7, 11) is -3.61. The van der Waals surface area contributed by atoms with Crippen LogP contribution in [-0.4, -0.2) is 31.7 Å². The number of sulfonamides is 1. The topological polar surface area (TPSA) is 66.5 Å². The maximum atomic E-state index is 13.0. The molecule has 0 aromatic heterocycles.